The van der Waals surface area contributed by atoms with Gasteiger partial charge in [-0.2, -0.15) is 0 Å². The number of oxime groups is 1. The highest BCUT2D eigenvalue weighted by Crippen LogP contribution is 2.25. The Morgan fingerprint density at radius 2 is 2.45 bits per heavy atom. The Balaban J connectivity index is 1.96. The lowest BCUT2D eigenvalue weighted by molar-refractivity contribution is -0.0403. The highest BCUT2D eigenvalue weighted by atomic mass is 35.5. The van der Waals surface area contributed by atoms with Gasteiger partial charge in [0.1, 0.15) is 18.5 Å². The molecule has 7 heteroatoms. The van der Waals surface area contributed by atoms with Crippen molar-refractivity contribution in [3.8, 4) is 5.75 Å². The van der Waals surface area contributed by atoms with Crippen molar-refractivity contribution < 1.29 is 14.7 Å². The zero-order chi connectivity index (χ0) is 14.5. The average molecular weight is 300 g/mol. The van der Waals surface area contributed by atoms with Crippen LogP contribution in [0.4, 0.5) is 0 Å². The molecular weight excluding hydrogens is 282 g/mol. The molecule has 1 unspecified atom stereocenters. The Kier molecular flexibility index (Phi) is 5.05. The van der Waals surface area contributed by atoms with Gasteiger partial charge in [-0.15, -0.1) is 0 Å². The molecule has 0 spiro atoms. The average Bonchev–Trinajstić information content (AvgIpc) is 2.45. The molecule has 3 N–H and O–H groups in total. The molecule has 6 nitrogen and oxygen atoms in total. The molecule has 1 heterocycles. The molecule has 20 heavy (non-hydrogen) atoms. The predicted octanol–water partition coefficient (Wildman–Crippen LogP) is 1.14. The van der Waals surface area contributed by atoms with E-state index < -0.39 is 0 Å². The first kappa shape index (κ1) is 14.9. The van der Waals surface area contributed by atoms with Crippen molar-refractivity contribution in [2.75, 3.05) is 33.4 Å². The maximum Gasteiger partial charge on any atom is 0.170 e. The lowest BCUT2D eigenvalue weighted by Crippen LogP contribution is -2.42. The van der Waals surface area contributed by atoms with Crippen molar-refractivity contribution >= 4 is 17.4 Å². The van der Waals surface area contributed by atoms with Crippen molar-refractivity contribution in [3.05, 3.63) is 28.8 Å². The largest absolute Gasteiger partial charge is 0.489 e. The number of rotatable bonds is 4. The molecule has 1 atom stereocenters. The normalized spacial score (nSPS) is 20.9. The Hall–Kier alpha value is -1.50. The molecule has 1 aromatic carbocycles. The smallest absolute Gasteiger partial charge is 0.170 e. The van der Waals surface area contributed by atoms with Crippen LogP contribution in [0.15, 0.2) is 23.4 Å². The molecular formula is C13H18ClN3O3. The highest BCUT2D eigenvalue weighted by molar-refractivity contribution is 6.32. The van der Waals surface area contributed by atoms with Crippen molar-refractivity contribution in [2.24, 2.45) is 10.9 Å². The summed E-state index contributed by atoms with van der Waals surface area (Å²) in [4.78, 5) is 2.20. The summed E-state index contributed by atoms with van der Waals surface area (Å²) in [6.45, 7) is 2.92. The van der Waals surface area contributed by atoms with Crippen LogP contribution in [-0.2, 0) is 4.74 Å². The molecule has 1 aromatic rings. The molecule has 0 bridgehead atoms. The van der Waals surface area contributed by atoms with Crippen LogP contribution in [0.1, 0.15) is 5.56 Å². The zero-order valence-corrected chi connectivity index (χ0v) is 12.0. The summed E-state index contributed by atoms with van der Waals surface area (Å²) in [6.07, 6.45) is 0.0357. The molecule has 0 aromatic heterocycles. The van der Waals surface area contributed by atoms with Gasteiger partial charge in [0.15, 0.2) is 5.84 Å². The minimum absolute atomic E-state index is 0.00990. The molecule has 0 amide bonds. The van der Waals surface area contributed by atoms with Gasteiger partial charge in [0.25, 0.3) is 0 Å². The number of hydrogen-bond donors (Lipinski definition) is 2. The van der Waals surface area contributed by atoms with Crippen LogP contribution < -0.4 is 10.5 Å². The summed E-state index contributed by atoms with van der Waals surface area (Å²) in [5, 5.41) is 12.0. The number of benzene rings is 1. The van der Waals surface area contributed by atoms with Gasteiger partial charge in [-0.3, -0.25) is 0 Å². The van der Waals surface area contributed by atoms with Crippen LogP contribution in [0, 0.1) is 0 Å². The van der Waals surface area contributed by atoms with E-state index in [0.29, 0.717) is 29.5 Å². The molecule has 1 aliphatic rings. The Bertz CT molecular complexity index is 496. The van der Waals surface area contributed by atoms with Gasteiger partial charge in [-0.05, 0) is 25.2 Å². The minimum Gasteiger partial charge on any atom is -0.489 e. The van der Waals surface area contributed by atoms with Crippen LogP contribution in [0.5, 0.6) is 5.75 Å². The monoisotopic (exact) mass is 299 g/mol. The summed E-state index contributed by atoms with van der Waals surface area (Å²) in [5.41, 5.74) is 6.03. The topological polar surface area (TPSA) is 80.3 Å². The van der Waals surface area contributed by atoms with Gasteiger partial charge in [0.2, 0.25) is 0 Å². The van der Waals surface area contributed by atoms with E-state index in [0.717, 1.165) is 13.1 Å². The van der Waals surface area contributed by atoms with E-state index >= 15 is 0 Å². The summed E-state index contributed by atoms with van der Waals surface area (Å²) in [6, 6.07) is 4.98. The first-order valence-electron chi connectivity index (χ1n) is 6.30. The lowest BCUT2D eigenvalue weighted by atomic mass is 10.2. The standard InChI is InChI=1S/C13H18ClN3O3/c1-17-4-5-19-10(7-17)8-20-12-3-2-9(6-11(12)14)13(15)16-18/h2-3,6,10,18H,4-5,7-8H2,1H3,(H2,15,16). The first-order valence-corrected chi connectivity index (χ1v) is 6.68. The maximum atomic E-state index is 8.61. The molecule has 1 aliphatic heterocycles. The Morgan fingerprint density at radius 1 is 1.65 bits per heavy atom. The molecule has 0 radical (unpaired) electrons. The Morgan fingerprint density at radius 3 is 3.10 bits per heavy atom. The summed E-state index contributed by atoms with van der Waals surface area (Å²) < 4.78 is 11.3. The van der Waals surface area contributed by atoms with Gasteiger partial charge in [0.05, 0.1) is 11.6 Å². The van der Waals surface area contributed by atoms with Crippen LogP contribution in [0.2, 0.25) is 5.02 Å². The van der Waals surface area contributed by atoms with Crippen LogP contribution in [-0.4, -0.2) is 55.4 Å². The second-order valence-corrected chi connectivity index (χ2v) is 5.10. The molecule has 2 rings (SSSR count). The summed E-state index contributed by atoms with van der Waals surface area (Å²) >= 11 is 6.11. The number of nitrogens with two attached hydrogens (primary N) is 1. The Labute approximate surface area is 122 Å². The van der Waals surface area contributed by atoms with E-state index in [-0.39, 0.29) is 11.9 Å². The van der Waals surface area contributed by atoms with Crippen molar-refractivity contribution in [3.63, 3.8) is 0 Å². The van der Waals surface area contributed by atoms with Crippen LogP contribution in [0.3, 0.4) is 0 Å². The van der Waals surface area contributed by atoms with E-state index in [9.17, 15) is 0 Å². The number of ether oxygens (including phenoxy) is 2. The van der Waals surface area contributed by atoms with Gasteiger partial charge in [0, 0.05) is 18.7 Å². The molecule has 110 valence electrons. The lowest BCUT2D eigenvalue weighted by Gasteiger charge is -2.29. The number of amidine groups is 1. The number of nitrogens with zero attached hydrogens (tertiary/aromatic N) is 2. The minimum atomic E-state index is 0.00990. The molecule has 0 aliphatic carbocycles. The van der Waals surface area contributed by atoms with E-state index in [1.807, 2.05) is 7.05 Å². The summed E-state index contributed by atoms with van der Waals surface area (Å²) in [5.74, 6) is 0.564. The zero-order valence-electron chi connectivity index (χ0n) is 11.3. The fourth-order valence-electron chi connectivity index (χ4n) is 1.99. The number of likely N-dealkylation sites (N-methyl/N-ethyl adjacent to an activating group) is 1. The first-order chi connectivity index (χ1) is 9.60. The van der Waals surface area contributed by atoms with Gasteiger partial charge in [-0.1, -0.05) is 16.8 Å². The number of hydrogen-bond acceptors (Lipinski definition) is 5. The fourth-order valence-corrected chi connectivity index (χ4v) is 2.22. The maximum absolute atomic E-state index is 8.61. The third-order valence-corrected chi connectivity index (χ3v) is 3.40. The van der Waals surface area contributed by atoms with Crippen LogP contribution in [0.25, 0.3) is 0 Å². The highest BCUT2D eigenvalue weighted by Gasteiger charge is 2.18. The van der Waals surface area contributed by atoms with E-state index in [1.165, 1.54) is 0 Å². The van der Waals surface area contributed by atoms with Crippen molar-refractivity contribution in [1.82, 2.24) is 4.90 Å². The van der Waals surface area contributed by atoms with E-state index in [1.54, 1.807) is 18.2 Å². The molecule has 1 saturated heterocycles. The quantitative estimate of drug-likeness (QED) is 0.377. The van der Waals surface area contributed by atoms with Gasteiger partial charge >= 0.3 is 0 Å². The van der Waals surface area contributed by atoms with Crippen molar-refractivity contribution in [1.29, 1.82) is 0 Å². The van der Waals surface area contributed by atoms with Gasteiger partial charge < -0.3 is 25.3 Å². The van der Waals surface area contributed by atoms with E-state index in [4.69, 9.17) is 32.0 Å². The van der Waals surface area contributed by atoms with E-state index in [2.05, 4.69) is 10.1 Å². The third-order valence-electron chi connectivity index (χ3n) is 3.10. The van der Waals surface area contributed by atoms with Crippen LogP contribution >= 0.6 is 11.6 Å². The second kappa shape index (κ2) is 6.78. The van der Waals surface area contributed by atoms with Crippen molar-refractivity contribution in [2.45, 2.75) is 6.10 Å². The molecule has 1 fully saturated rings. The molecule has 0 saturated carbocycles. The number of halogens is 1. The predicted molar refractivity (Wildman–Crippen MR) is 76.7 cm³/mol. The second-order valence-electron chi connectivity index (χ2n) is 4.70. The SMILES string of the molecule is CN1CCOC(COc2ccc(C(N)=NO)cc2Cl)C1. The van der Waals surface area contributed by atoms with Gasteiger partial charge in [-0.25, -0.2) is 0 Å². The number of morpholine rings is 1. The third kappa shape index (κ3) is 3.75. The fraction of sp³-hybridized carbons (Fsp3) is 0.462. The summed E-state index contributed by atoms with van der Waals surface area (Å²) in [7, 11) is 2.05.